The van der Waals surface area contributed by atoms with Crippen LogP contribution in [0.4, 0.5) is 0 Å². The maximum Gasteiger partial charge on any atom is 0.337 e. The fourth-order valence-electron chi connectivity index (χ4n) is 1.49. The summed E-state index contributed by atoms with van der Waals surface area (Å²) in [7, 11) is -4.01. The van der Waals surface area contributed by atoms with Crippen LogP contribution >= 0.6 is 34.5 Å². The molecule has 1 heterocycles. The molecule has 2 aromatic rings. The van der Waals surface area contributed by atoms with E-state index >= 15 is 0 Å². The van der Waals surface area contributed by atoms with Crippen LogP contribution in [-0.2, 0) is 16.6 Å². The Morgan fingerprint density at radius 1 is 1.38 bits per heavy atom. The van der Waals surface area contributed by atoms with Crippen LogP contribution in [0.1, 0.15) is 15.4 Å². The number of hydrogen-bond acceptors (Lipinski definition) is 5. The van der Waals surface area contributed by atoms with Crippen LogP contribution in [0, 0.1) is 0 Å². The first-order valence-electron chi connectivity index (χ1n) is 5.41. The van der Waals surface area contributed by atoms with Crippen LogP contribution in [0.15, 0.2) is 28.6 Å². The summed E-state index contributed by atoms with van der Waals surface area (Å²) >= 11 is 12.9. The van der Waals surface area contributed by atoms with E-state index in [1.165, 1.54) is 11.3 Å². The topological polar surface area (TPSA) is 96.4 Å². The van der Waals surface area contributed by atoms with Gasteiger partial charge in [0.2, 0.25) is 10.0 Å². The molecule has 0 saturated carbocycles. The lowest BCUT2D eigenvalue weighted by Gasteiger charge is -2.10. The Labute approximate surface area is 134 Å². The maximum atomic E-state index is 12.2. The van der Waals surface area contributed by atoms with Gasteiger partial charge in [-0.05, 0) is 12.1 Å². The fraction of sp³-hybridized carbons (Fsp3) is 0.0909. The molecule has 112 valence electrons. The van der Waals surface area contributed by atoms with Gasteiger partial charge in [-0.15, -0.1) is 11.3 Å². The van der Waals surface area contributed by atoms with E-state index in [2.05, 4.69) is 9.71 Å². The van der Waals surface area contributed by atoms with Crippen molar-refractivity contribution in [2.24, 2.45) is 0 Å². The van der Waals surface area contributed by atoms with E-state index in [4.69, 9.17) is 28.3 Å². The molecule has 6 nitrogen and oxygen atoms in total. The second-order valence-electron chi connectivity index (χ2n) is 3.82. The average Bonchev–Trinajstić information content (AvgIpc) is 2.91. The van der Waals surface area contributed by atoms with Crippen LogP contribution < -0.4 is 4.72 Å². The number of benzene rings is 1. The number of nitrogens with zero attached hydrogens (tertiary/aromatic N) is 1. The lowest BCUT2D eigenvalue weighted by atomic mass is 10.2. The predicted octanol–water partition coefficient (Wildman–Crippen LogP) is 2.63. The van der Waals surface area contributed by atoms with Gasteiger partial charge in [0.15, 0.2) is 0 Å². The van der Waals surface area contributed by atoms with E-state index in [1.54, 1.807) is 11.6 Å². The SMILES string of the molecule is O=C(O)c1cc(Cl)cc(S(=O)(=O)NCc2nccs2)c1Cl. The molecular formula is C11H8Cl2N2O4S2. The van der Waals surface area contributed by atoms with Crippen molar-refractivity contribution >= 4 is 50.5 Å². The summed E-state index contributed by atoms with van der Waals surface area (Å²) in [5.74, 6) is -1.36. The summed E-state index contributed by atoms with van der Waals surface area (Å²) in [4.78, 5) is 14.6. The monoisotopic (exact) mass is 366 g/mol. The number of carboxylic acids is 1. The normalized spacial score (nSPS) is 11.5. The van der Waals surface area contributed by atoms with Gasteiger partial charge in [0.25, 0.3) is 0 Å². The lowest BCUT2D eigenvalue weighted by Crippen LogP contribution is -2.24. The molecular weight excluding hydrogens is 359 g/mol. The summed E-state index contributed by atoms with van der Waals surface area (Å²) in [5, 5.41) is 10.8. The van der Waals surface area contributed by atoms with Crippen molar-refractivity contribution in [2.45, 2.75) is 11.4 Å². The van der Waals surface area contributed by atoms with Gasteiger partial charge >= 0.3 is 5.97 Å². The van der Waals surface area contributed by atoms with Gasteiger partial charge < -0.3 is 5.11 Å². The Bertz CT molecular complexity index is 776. The molecule has 0 radical (unpaired) electrons. The van der Waals surface area contributed by atoms with Crippen molar-refractivity contribution in [1.29, 1.82) is 0 Å². The van der Waals surface area contributed by atoms with Crippen molar-refractivity contribution in [2.75, 3.05) is 0 Å². The molecule has 10 heteroatoms. The minimum atomic E-state index is -4.01. The van der Waals surface area contributed by atoms with Gasteiger partial charge in [0.05, 0.1) is 17.1 Å². The Hall–Kier alpha value is -1.19. The Morgan fingerprint density at radius 3 is 2.67 bits per heavy atom. The summed E-state index contributed by atoms with van der Waals surface area (Å²) in [6.45, 7) is -0.0226. The van der Waals surface area contributed by atoms with Gasteiger partial charge in [-0.25, -0.2) is 22.9 Å². The molecule has 0 amide bonds. The summed E-state index contributed by atoms with van der Waals surface area (Å²) in [6, 6.07) is 2.19. The van der Waals surface area contributed by atoms with Crippen molar-refractivity contribution < 1.29 is 18.3 Å². The maximum absolute atomic E-state index is 12.2. The molecule has 1 aromatic carbocycles. The van der Waals surface area contributed by atoms with E-state index in [1.807, 2.05) is 0 Å². The van der Waals surface area contributed by atoms with Crippen molar-refractivity contribution in [3.05, 3.63) is 44.3 Å². The average molecular weight is 367 g/mol. The van der Waals surface area contributed by atoms with Crippen molar-refractivity contribution in [3.63, 3.8) is 0 Å². The number of thiazole rings is 1. The fourth-order valence-corrected chi connectivity index (χ4v) is 4.03. The third kappa shape index (κ3) is 3.72. The zero-order valence-corrected chi connectivity index (χ0v) is 13.4. The second-order valence-corrected chi connectivity index (χ2v) is 7.35. The van der Waals surface area contributed by atoms with Crippen LogP contribution in [-0.4, -0.2) is 24.5 Å². The van der Waals surface area contributed by atoms with Gasteiger partial charge in [-0.3, -0.25) is 0 Å². The van der Waals surface area contributed by atoms with Gasteiger partial charge in [0, 0.05) is 16.6 Å². The molecule has 0 aliphatic carbocycles. The molecule has 2 rings (SSSR count). The number of rotatable bonds is 5. The van der Waals surface area contributed by atoms with Gasteiger partial charge in [0.1, 0.15) is 9.90 Å². The number of carboxylic acid groups (broad SMARTS) is 1. The molecule has 0 saturated heterocycles. The minimum Gasteiger partial charge on any atom is -0.478 e. The van der Waals surface area contributed by atoms with E-state index in [0.29, 0.717) is 5.01 Å². The number of aromatic carboxylic acids is 1. The molecule has 1 aromatic heterocycles. The van der Waals surface area contributed by atoms with Crippen molar-refractivity contribution in [1.82, 2.24) is 9.71 Å². The summed E-state index contributed by atoms with van der Waals surface area (Å²) in [5.41, 5.74) is -0.376. The predicted molar refractivity (Wildman–Crippen MR) is 79.6 cm³/mol. The molecule has 0 bridgehead atoms. The molecule has 0 spiro atoms. The largest absolute Gasteiger partial charge is 0.478 e. The number of aromatic nitrogens is 1. The molecule has 0 aliphatic heterocycles. The highest BCUT2D eigenvalue weighted by Crippen LogP contribution is 2.29. The lowest BCUT2D eigenvalue weighted by molar-refractivity contribution is 0.0697. The number of hydrogen-bond donors (Lipinski definition) is 2. The first-order valence-corrected chi connectivity index (χ1v) is 8.53. The first-order chi connectivity index (χ1) is 9.81. The summed E-state index contributed by atoms with van der Waals surface area (Å²) in [6.07, 6.45) is 1.54. The van der Waals surface area contributed by atoms with Gasteiger partial charge in [-0.1, -0.05) is 23.2 Å². The Morgan fingerprint density at radius 2 is 2.10 bits per heavy atom. The Kier molecular flexibility index (Phi) is 4.84. The highest BCUT2D eigenvalue weighted by Gasteiger charge is 2.23. The molecule has 0 unspecified atom stereocenters. The highest BCUT2D eigenvalue weighted by atomic mass is 35.5. The first kappa shape index (κ1) is 16.2. The second kappa shape index (κ2) is 6.29. The van der Waals surface area contributed by atoms with Gasteiger partial charge in [-0.2, -0.15) is 0 Å². The summed E-state index contributed by atoms with van der Waals surface area (Å²) < 4.78 is 26.7. The van der Waals surface area contributed by atoms with Crippen LogP contribution in [0.5, 0.6) is 0 Å². The third-order valence-corrected chi connectivity index (χ3v) is 5.36. The number of nitrogens with one attached hydrogen (secondary N) is 1. The number of sulfonamides is 1. The van der Waals surface area contributed by atoms with E-state index in [9.17, 15) is 13.2 Å². The molecule has 2 N–H and O–H groups in total. The molecule has 21 heavy (non-hydrogen) atoms. The molecule has 0 fully saturated rings. The molecule has 0 atom stereocenters. The zero-order chi connectivity index (χ0) is 15.6. The standard InChI is InChI=1S/C11H8Cl2N2O4S2/c12-6-3-7(11(16)17)10(13)8(4-6)21(18,19)15-5-9-14-1-2-20-9/h1-4,15H,5H2,(H,16,17). The quantitative estimate of drug-likeness (QED) is 0.847. The van der Waals surface area contributed by atoms with E-state index < -0.39 is 21.0 Å². The number of halogens is 2. The van der Waals surface area contributed by atoms with Crippen LogP contribution in [0.25, 0.3) is 0 Å². The zero-order valence-electron chi connectivity index (χ0n) is 10.2. The smallest absolute Gasteiger partial charge is 0.337 e. The van der Waals surface area contributed by atoms with E-state index in [-0.39, 0.29) is 22.0 Å². The third-order valence-electron chi connectivity index (χ3n) is 2.42. The number of carbonyl (C=O) groups is 1. The van der Waals surface area contributed by atoms with E-state index in [0.717, 1.165) is 12.1 Å². The van der Waals surface area contributed by atoms with Crippen LogP contribution in [0.2, 0.25) is 10.0 Å². The highest BCUT2D eigenvalue weighted by molar-refractivity contribution is 7.89. The minimum absolute atomic E-state index is 0.0226. The Balaban J connectivity index is 2.37. The van der Waals surface area contributed by atoms with Crippen molar-refractivity contribution in [3.8, 4) is 0 Å². The van der Waals surface area contributed by atoms with Crippen LogP contribution in [0.3, 0.4) is 0 Å². The molecule has 0 aliphatic rings.